The minimum atomic E-state index is -1.30. The SMILES string of the molecule is Cc1csc(-c2c3c(=O)n(C)c(=O)n(C)c3c([C@@H](O)c3ccc(Cl)o3)n2CCCN2CCCC2=O)n1. The van der Waals surface area contributed by atoms with Crippen molar-refractivity contribution >= 4 is 39.7 Å². The lowest BCUT2D eigenvalue weighted by molar-refractivity contribution is -0.127. The first-order valence-electron chi connectivity index (χ1n) is 11.6. The summed E-state index contributed by atoms with van der Waals surface area (Å²) in [5, 5.41) is 14.4. The van der Waals surface area contributed by atoms with Gasteiger partial charge in [0.2, 0.25) is 5.91 Å². The Balaban J connectivity index is 1.77. The van der Waals surface area contributed by atoms with Gasteiger partial charge in [-0.1, -0.05) is 0 Å². The number of nitrogens with zero attached hydrogens (tertiary/aromatic N) is 5. The van der Waals surface area contributed by atoms with Gasteiger partial charge in [-0.05, 0) is 43.5 Å². The highest BCUT2D eigenvalue weighted by molar-refractivity contribution is 7.13. The van der Waals surface area contributed by atoms with Crippen LogP contribution in [0.2, 0.25) is 5.22 Å². The average Bonchev–Trinajstić information content (AvgIpc) is 3.63. The van der Waals surface area contributed by atoms with E-state index < -0.39 is 17.4 Å². The van der Waals surface area contributed by atoms with E-state index in [0.717, 1.165) is 23.2 Å². The lowest BCUT2D eigenvalue weighted by atomic mass is 10.1. The minimum Gasteiger partial charge on any atom is -0.447 e. The highest BCUT2D eigenvalue weighted by Gasteiger charge is 2.31. The molecule has 1 saturated heterocycles. The largest absolute Gasteiger partial charge is 0.447 e. The summed E-state index contributed by atoms with van der Waals surface area (Å²) >= 11 is 7.37. The molecule has 0 aliphatic carbocycles. The van der Waals surface area contributed by atoms with Crippen LogP contribution in [0.15, 0.2) is 31.5 Å². The predicted molar refractivity (Wildman–Crippen MR) is 136 cm³/mol. The molecule has 0 bridgehead atoms. The Bertz CT molecular complexity index is 1590. The summed E-state index contributed by atoms with van der Waals surface area (Å²) in [6.07, 6.45) is 0.674. The number of rotatable bonds is 7. The molecule has 1 atom stereocenters. The van der Waals surface area contributed by atoms with Crippen LogP contribution in [0.25, 0.3) is 21.6 Å². The molecular weight excluding hydrogens is 506 g/mol. The number of carbonyl (C=O) groups excluding carboxylic acids is 1. The van der Waals surface area contributed by atoms with E-state index in [0.29, 0.717) is 47.8 Å². The molecule has 4 aromatic rings. The molecule has 0 unspecified atom stereocenters. The second-order valence-electron chi connectivity index (χ2n) is 8.99. The van der Waals surface area contributed by atoms with Crippen LogP contribution < -0.4 is 11.2 Å². The number of aliphatic hydroxyl groups excluding tert-OH is 1. The zero-order chi connectivity index (χ0) is 25.7. The third-order valence-corrected chi connectivity index (χ3v) is 7.80. The summed E-state index contributed by atoms with van der Waals surface area (Å²) in [5.74, 6) is 0.315. The summed E-state index contributed by atoms with van der Waals surface area (Å²) in [4.78, 5) is 45.0. The van der Waals surface area contributed by atoms with Crippen LogP contribution >= 0.6 is 22.9 Å². The van der Waals surface area contributed by atoms with Gasteiger partial charge in [-0.15, -0.1) is 11.3 Å². The second kappa shape index (κ2) is 9.38. The molecule has 1 amide bonds. The van der Waals surface area contributed by atoms with Gasteiger partial charge in [0, 0.05) is 51.2 Å². The highest BCUT2D eigenvalue weighted by atomic mass is 35.5. The highest BCUT2D eigenvalue weighted by Crippen LogP contribution is 2.38. The standard InChI is InChI=1S/C24H26ClN5O5S/c1-13-12-36-22(26-13)19-17-18(27(2)24(34)28(3)23(17)33)20(21(32)14-7-8-15(25)35-14)30(19)11-5-10-29-9-4-6-16(29)31/h7-8,12,21,32H,4-6,9-11H2,1-3H3/t21-/m0/s1. The van der Waals surface area contributed by atoms with Crippen molar-refractivity contribution in [3.63, 3.8) is 0 Å². The summed E-state index contributed by atoms with van der Waals surface area (Å²) in [7, 11) is 3.00. The molecule has 1 fully saturated rings. The minimum absolute atomic E-state index is 0.111. The van der Waals surface area contributed by atoms with Crippen LogP contribution in [-0.2, 0) is 25.4 Å². The van der Waals surface area contributed by atoms with Gasteiger partial charge in [0.15, 0.2) is 11.3 Å². The number of thiazole rings is 1. The summed E-state index contributed by atoms with van der Waals surface area (Å²) in [6.45, 7) is 3.51. The number of likely N-dealkylation sites (tertiary alicyclic amines) is 1. The molecule has 1 aliphatic heterocycles. The van der Waals surface area contributed by atoms with Gasteiger partial charge in [-0.3, -0.25) is 18.7 Å². The lowest BCUT2D eigenvalue weighted by Gasteiger charge is -2.19. The van der Waals surface area contributed by atoms with E-state index in [-0.39, 0.29) is 22.3 Å². The fraction of sp³-hybridized carbons (Fsp3) is 0.417. The lowest BCUT2D eigenvalue weighted by Crippen LogP contribution is -2.37. The van der Waals surface area contributed by atoms with Crippen molar-refractivity contribution in [1.82, 2.24) is 23.6 Å². The quantitative estimate of drug-likeness (QED) is 0.392. The van der Waals surface area contributed by atoms with E-state index in [9.17, 15) is 19.5 Å². The third-order valence-electron chi connectivity index (χ3n) is 6.63. The Hall–Kier alpha value is -3.15. The maximum absolute atomic E-state index is 13.5. The molecule has 1 N–H and O–H groups in total. The fourth-order valence-electron chi connectivity index (χ4n) is 4.91. The van der Waals surface area contributed by atoms with Gasteiger partial charge in [0.25, 0.3) is 5.56 Å². The van der Waals surface area contributed by atoms with Crippen molar-refractivity contribution in [3.8, 4) is 10.7 Å². The number of hydrogen-bond donors (Lipinski definition) is 1. The first kappa shape index (κ1) is 24.5. The molecule has 4 aromatic heterocycles. The van der Waals surface area contributed by atoms with Gasteiger partial charge in [0.1, 0.15) is 10.8 Å². The molecule has 0 aromatic carbocycles. The predicted octanol–water partition coefficient (Wildman–Crippen LogP) is 2.81. The molecule has 0 saturated carbocycles. The molecule has 0 radical (unpaired) electrons. The number of furan rings is 1. The van der Waals surface area contributed by atoms with Crippen molar-refractivity contribution < 1.29 is 14.3 Å². The zero-order valence-electron chi connectivity index (χ0n) is 20.2. The molecule has 1 aliphatic rings. The maximum atomic E-state index is 13.5. The van der Waals surface area contributed by atoms with Crippen LogP contribution in [0.1, 0.15) is 42.5 Å². The molecule has 10 nitrogen and oxygen atoms in total. The molecule has 5 rings (SSSR count). The Kier molecular flexibility index (Phi) is 6.39. The number of hydrogen-bond acceptors (Lipinski definition) is 7. The summed E-state index contributed by atoms with van der Waals surface area (Å²) < 4.78 is 9.77. The van der Waals surface area contributed by atoms with E-state index >= 15 is 0 Å². The van der Waals surface area contributed by atoms with E-state index in [2.05, 4.69) is 4.98 Å². The number of halogens is 1. The van der Waals surface area contributed by atoms with E-state index in [1.807, 2.05) is 21.8 Å². The van der Waals surface area contributed by atoms with E-state index in [4.69, 9.17) is 16.0 Å². The number of aromatic nitrogens is 4. The van der Waals surface area contributed by atoms with Crippen molar-refractivity contribution in [2.45, 2.75) is 38.8 Å². The van der Waals surface area contributed by atoms with Crippen LogP contribution in [0.4, 0.5) is 0 Å². The number of aliphatic hydroxyl groups is 1. The topological polar surface area (TPSA) is 116 Å². The number of aryl methyl sites for hydroxylation is 2. The van der Waals surface area contributed by atoms with Crippen LogP contribution in [0, 0.1) is 6.92 Å². The Morgan fingerprint density at radius 3 is 2.58 bits per heavy atom. The van der Waals surface area contributed by atoms with Gasteiger partial charge in [-0.2, -0.15) is 0 Å². The van der Waals surface area contributed by atoms with Crippen molar-refractivity contribution in [3.05, 3.63) is 60.7 Å². The molecule has 12 heteroatoms. The smallest absolute Gasteiger partial charge is 0.331 e. The zero-order valence-corrected chi connectivity index (χ0v) is 21.7. The summed E-state index contributed by atoms with van der Waals surface area (Å²) in [6, 6.07) is 3.09. The number of carbonyl (C=O) groups is 1. The van der Waals surface area contributed by atoms with Crippen LogP contribution in [-0.4, -0.2) is 47.7 Å². The van der Waals surface area contributed by atoms with Gasteiger partial charge >= 0.3 is 5.69 Å². The van der Waals surface area contributed by atoms with Crippen molar-refractivity contribution in [2.75, 3.05) is 13.1 Å². The average molecular weight is 532 g/mol. The molecular formula is C24H26ClN5O5S. The third kappa shape index (κ3) is 4.00. The first-order valence-corrected chi connectivity index (χ1v) is 12.9. The Morgan fingerprint density at radius 1 is 1.19 bits per heavy atom. The van der Waals surface area contributed by atoms with Crippen molar-refractivity contribution in [1.29, 1.82) is 0 Å². The Morgan fingerprint density at radius 2 is 1.97 bits per heavy atom. The molecule has 5 heterocycles. The number of fused-ring (bicyclic) bond motifs is 1. The molecule has 0 spiro atoms. The van der Waals surface area contributed by atoms with Gasteiger partial charge < -0.3 is 19.0 Å². The second-order valence-corrected chi connectivity index (χ2v) is 10.2. The monoisotopic (exact) mass is 531 g/mol. The van der Waals surface area contributed by atoms with Crippen molar-refractivity contribution in [2.24, 2.45) is 14.1 Å². The Labute approximate surface area is 215 Å². The van der Waals surface area contributed by atoms with Crippen LogP contribution in [0.3, 0.4) is 0 Å². The first-order chi connectivity index (χ1) is 17.2. The van der Waals surface area contributed by atoms with E-state index in [1.54, 1.807) is 13.1 Å². The normalized spacial score (nSPS) is 14.9. The molecule has 36 heavy (non-hydrogen) atoms. The van der Waals surface area contributed by atoms with Gasteiger partial charge in [0.05, 0.1) is 22.3 Å². The number of amides is 1. The van der Waals surface area contributed by atoms with E-state index in [1.165, 1.54) is 29.0 Å². The maximum Gasteiger partial charge on any atom is 0.331 e. The van der Waals surface area contributed by atoms with Crippen LogP contribution in [0.5, 0.6) is 0 Å². The van der Waals surface area contributed by atoms with Gasteiger partial charge in [-0.25, -0.2) is 9.78 Å². The molecule has 190 valence electrons. The fourth-order valence-corrected chi connectivity index (χ4v) is 5.91. The summed E-state index contributed by atoms with van der Waals surface area (Å²) in [5.41, 5.74) is 0.974.